The number of nitrogens with zero attached hydrogens (tertiary/aromatic N) is 2. The number of hydrogen-bond donors (Lipinski definition) is 0. The summed E-state index contributed by atoms with van der Waals surface area (Å²) in [6.45, 7) is 2.48. The molecule has 0 spiro atoms. The molecule has 140 valence electrons. The molecule has 0 aliphatic carbocycles. The van der Waals surface area contributed by atoms with Crippen molar-refractivity contribution in [3.63, 3.8) is 0 Å². The average molecular weight is 382 g/mol. The fraction of sp³-hybridized carbons (Fsp3) is 0.238. The van der Waals surface area contributed by atoms with Gasteiger partial charge in [-0.05, 0) is 37.3 Å². The molecule has 2 aromatic carbocycles. The lowest BCUT2D eigenvalue weighted by molar-refractivity contribution is 0.0779. The molecule has 3 aromatic rings. The molecule has 3 rings (SSSR count). The zero-order chi connectivity index (χ0) is 19.4. The van der Waals surface area contributed by atoms with Gasteiger partial charge in [0.05, 0.1) is 14.2 Å². The van der Waals surface area contributed by atoms with E-state index in [2.05, 4.69) is 4.98 Å². The summed E-state index contributed by atoms with van der Waals surface area (Å²) in [7, 11) is 5.04. The summed E-state index contributed by atoms with van der Waals surface area (Å²) in [4.78, 5) is 19.0. The van der Waals surface area contributed by atoms with E-state index in [9.17, 15) is 4.79 Å². The Balaban J connectivity index is 1.76. The van der Waals surface area contributed by atoms with Gasteiger partial charge in [-0.2, -0.15) is 0 Å². The van der Waals surface area contributed by atoms with Crippen molar-refractivity contribution in [2.75, 3.05) is 21.3 Å². The van der Waals surface area contributed by atoms with Gasteiger partial charge in [-0.3, -0.25) is 4.79 Å². The first-order valence-corrected chi connectivity index (χ1v) is 9.38. The van der Waals surface area contributed by atoms with Crippen LogP contribution in [0.4, 0.5) is 0 Å². The van der Waals surface area contributed by atoms with Gasteiger partial charge in [-0.15, -0.1) is 11.3 Å². The Hall–Kier alpha value is -2.86. The number of amides is 1. The molecule has 27 heavy (non-hydrogen) atoms. The molecular formula is C21H22N2O3S. The highest BCUT2D eigenvalue weighted by Crippen LogP contribution is 2.27. The molecule has 6 heteroatoms. The van der Waals surface area contributed by atoms with Crippen LogP contribution in [0.2, 0.25) is 0 Å². The summed E-state index contributed by atoms with van der Waals surface area (Å²) in [5.74, 6) is 1.45. The molecular weight excluding hydrogens is 360 g/mol. The van der Waals surface area contributed by atoms with Gasteiger partial charge in [0, 0.05) is 30.1 Å². The monoisotopic (exact) mass is 382 g/mol. The van der Waals surface area contributed by atoms with Crippen LogP contribution in [0.5, 0.6) is 11.5 Å². The van der Waals surface area contributed by atoms with E-state index in [0.717, 1.165) is 33.2 Å². The zero-order valence-electron chi connectivity index (χ0n) is 15.9. The molecule has 0 aliphatic heterocycles. The number of ether oxygens (including phenoxy) is 2. The van der Waals surface area contributed by atoms with Crippen LogP contribution in [-0.2, 0) is 6.54 Å². The standard InChI is InChI=1S/C21H22N2O3S/c1-14-5-10-19(26-4)16(11-14)12-23(2)21(24)18-13-27-20(22-18)15-6-8-17(25-3)9-7-15/h5-11,13H,12H2,1-4H3. The minimum Gasteiger partial charge on any atom is -0.497 e. The first-order valence-electron chi connectivity index (χ1n) is 8.50. The third-order valence-electron chi connectivity index (χ3n) is 4.25. The normalized spacial score (nSPS) is 10.5. The predicted octanol–water partition coefficient (Wildman–Crippen LogP) is 4.41. The van der Waals surface area contributed by atoms with Crippen molar-refractivity contribution in [2.24, 2.45) is 0 Å². The van der Waals surface area contributed by atoms with Gasteiger partial charge in [0.25, 0.3) is 5.91 Å². The second-order valence-electron chi connectivity index (χ2n) is 6.24. The van der Waals surface area contributed by atoms with Crippen LogP contribution in [0.1, 0.15) is 21.6 Å². The SMILES string of the molecule is COc1ccc(-c2nc(C(=O)N(C)Cc3cc(C)ccc3OC)cs2)cc1. The Bertz CT molecular complexity index is 935. The second kappa shape index (κ2) is 8.22. The van der Waals surface area contributed by atoms with Crippen LogP contribution in [-0.4, -0.2) is 37.1 Å². The summed E-state index contributed by atoms with van der Waals surface area (Å²) in [6, 6.07) is 13.6. The summed E-state index contributed by atoms with van der Waals surface area (Å²) in [5.41, 5.74) is 3.50. The van der Waals surface area contributed by atoms with E-state index >= 15 is 0 Å². The van der Waals surface area contributed by atoms with E-state index in [-0.39, 0.29) is 5.91 Å². The van der Waals surface area contributed by atoms with Crippen LogP contribution in [0.3, 0.4) is 0 Å². The number of carbonyl (C=O) groups excluding carboxylic acids is 1. The number of rotatable bonds is 6. The molecule has 1 heterocycles. The van der Waals surface area contributed by atoms with Gasteiger partial charge in [0.1, 0.15) is 22.2 Å². The van der Waals surface area contributed by atoms with Gasteiger partial charge < -0.3 is 14.4 Å². The van der Waals surface area contributed by atoms with Crippen LogP contribution >= 0.6 is 11.3 Å². The lowest BCUT2D eigenvalue weighted by Crippen LogP contribution is -2.26. The van der Waals surface area contributed by atoms with Crippen molar-refractivity contribution in [3.8, 4) is 22.1 Å². The largest absolute Gasteiger partial charge is 0.497 e. The summed E-state index contributed by atoms with van der Waals surface area (Å²) in [6.07, 6.45) is 0. The van der Waals surface area contributed by atoms with E-state index in [1.54, 1.807) is 31.5 Å². The number of carbonyl (C=O) groups is 1. The Kier molecular flexibility index (Phi) is 5.76. The maximum absolute atomic E-state index is 12.8. The molecule has 0 aliphatic rings. The van der Waals surface area contributed by atoms with Crippen LogP contribution < -0.4 is 9.47 Å². The fourth-order valence-corrected chi connectivity index (χ4v) is 3.59. The van der Waals surface area contributed by atoms with Crippen LogP contribution in [0.15, 0.2) is 47.8 Å². The van der Waals surface area contributed by atoms with Crippen molar-refractivity contribution < 1.29 is 14.3 Å². The minimum absolute atomic E-state index is 0.116. The van der Waals surface area contributed by atoms with Gasteiger partial charge in [-0.25, -0.2) is 4.98 Å². The molecule has 1 aromatic heterocycles. The molecule has 5 nitrogen and oxygen atoms in total. The number of methoxy groups -OCH3 is 2. The highest BCUT2D eigenvalue weighted by Gasteiger charge is 2.18. The number of thiazole rings is 1. The number of benzene rings is 2. The summed E-state index contributed by atoms with van der Waals surface area (Å²) < 4.78 is 10.6. The predicted molar refractivity (Wildman–Crippen MR) is 108 cm³/mol. The van der Waals surface area contributed by atoms with Crippen molar-refractivity contribution >= 4 is 17.2 Å². The maximum Gasteiger partial charge on any atom is 0.273 e. The van der Waals surface area contributed by atoms with E-state index in [0.29, 0.717) is 12.2 Å². The molecule has 0 fully saturated rings. The highest BCUT2D eigenvalue weighted by molar-refractivity contribution is 7.13. The van der Waals surface area contributed by atoms with E-state index in [1.807, 2.05) is 49.4 Å². The molecule has 1 amide bonds. The Labute approximate surface area is 163 Å². The van der Waals surface area contributed by atoms with E-state index < -0.39 is 0 Å². The highest BCUT2D eigenvalue weighted by atomic mass is 32.1. The van der Waals surface area contributed by atoms with E-state index in [1.165, 1.54) is 11.3 Å². The topological polar surface area (TPSA) is 51.7 Å². The number of aryl methyl sites for hydroxylation is 1. The van der Waals surface area contributed by atoms with Crippen molar-refractivity contribution in [3.05, 3.63) is 64.7 Å². The quantitative estimate of drug-likeness (QED) is 0.634. The van der Waals surface area contributed by atoms with E-state index in [4.69, 9.17) is 9.47 Å². The molecule has 0 N–H and O–H groups in total. The second-order valence-corrected chi connectivity index (χ2v) is 7.10. The maximum atomic E-state index is 12.8. The van der Waals surface area contributed by atoms with Gasteiger partial charge in [0.15, 0.2) is 0 Å². The molecule has 0 atom stereocenters. The molecule has 0 unspecified atom stereocenters. The fourth-order valence-electron chi connectivity index (χ4n) is 2.79. The smallest absolute Gasteiger partial charge is 0.273 e. The summed E-state index contributed by atoms with van der Waals surface area (Å²) in [5, 5.41) is 2.61. The lowest BCUT2D eigenvalue weighted by atomic mass is 10.1. The van der Waals surface area contributed by atoms with Gasteiger partial charge >= 0.3 is 0 Å². The molecule has 0 bridgehead atoms. The number of hydrogen-bond acceptors (Lipinski definition) is 5. The minimum atomic E-state index is -0.116. The van der Waals surface area contributed by atoms with Crippen LogP contribution in [0.25, 0.3) is 10.6 Å². The molecule has 0 saturated carbocycles. The lowest BCUT2D eigenvalue weighted by Gasteiger charge is -2.18. The third kappa shape index (κ3) is 4.28. The Morgan fingerprint density at radius 3 is 2.52 bits per heavy atom. The average Bonchev–Trinajstić information content (AvgIpc) is 3.17. The Morgan fingerprint density at radius 1 is 1.11 bits per heavy atom. The van der Waals surface area contributed by atoms with Gasteiger partial charge in [0.2, 0.25) is 0 Å². The summed E-state index contributed by atoms with van der Waals surface area (Å²) >= 11 is 1.45. The number of aromatic nitrogens is 1. The molecule has 0 radical (unpaired) electrons. The molecule has 0 saturated heterocycles. The van der Waals surface area contributed by atoms with Crippen molar-refractivity contribution in [1.82, 2.24) is 9.88 Å². The Morgan fingerprint density at radius 2 is 1.85 bits per heavy atom. The van der Waals surface area contributed by atoms with Crippen molar-refractivity contribution in [2.45, 2.75) is 13.5 Å². The first-order chi connectivity index (χ1) is 13.0. The van der Waals surface area contributed by atoms with Gasteiger partial charge in [-0.1, -0.05) is 17.7 Å². The third-order valence-corrected chi connectivity index (χ3v) is 5.14. The van der Waals surface area contributed by atoms with Crippen LogP contribution in [0, 0.1) is 6.92 Å². The zero-order valence-corrected chi connectivity index (χ0v) is 16.7. The van der Waals surface area contributed by atoms with Crippen molar-refractivity contribution in [1.29, 1.82) is 0 Å². The first kappa shape index (κ1) is 18.9.